The van der Waals surface area contributed by atoms with Crippen molar-refractivity contribution in [3.8, 4) is 6.07 Å². The minimum Gasteiger partial charge on any atom is -0.509 e. The van der Waals surface area contributed by atoms with Gasteiger partial charge in [-0.1, -0.05) is 29.8 Å². The molecule has 1 saturated heterocycles. The summed E-state index contributed by atoms with van der Waals surface area (Å²) in [4.78, 5) is 8.97. The van der Waals surface area contributed by atoms with Gasteiger partial charge in [-0.05, 0) is 30.3 Å². The Bertz CT molecular complexity index is 1110. The highest BCUT2D eigenvalue weighted by Crippen LogP contribution is 2.24. The number of anilines is 1. The highest BCUT2D eigenvalue weighted by atomic mass is 35.5. The average Bonchev–Trinajstić information content (AvgIpc) is 3.06. The van der Waals surface area contributed by atoms with E-state index in [1.165, 1.54) is 0 Å². The van der Waals surface area contributed by atoms with Crippen LogP contribution in [-0.4, -0.2) is 52.3 Å². The summed E-state index contributed by atoms with van der Waals surface area (Å²) in [5.74, 6) is 0.547. The molecule has 1 aliphatic rings. The summed E-state index contributed by atoms with van der Waals surface area (Å²) < 4.78 is 1.85. The first-order valence-corrected chi connectivity index (χ1v) is 9.91. The number of nitrogens with zero attached hydrogens (tertiary/aromatic N) is 5. The quantitative estimate of drug-likeness (QED) is 0.525. The lowest BCUT2D eigenvalue weighted by Gasteiger charge is -2.36. The number of para-hydroxylation sites is 2. The Morgan fingerprint density at radius 1 is 1.14 bits per heavy atom. The van der Waals surface area contributed by atoms with Crippen molar-refractivity contribution in [3.05, 3.63) is 65.1 Å². The van der Waals surface area contributed by atoms with Crippen LogP contribution in [0.2, 0.25) is 5.02 Å². The molecule has 0 unspecified atom stereocenters. The first kappa shape index (κ1) is 19.3. The van der Waals surface area contributed by atoms with E-state index in [9.17, 15) is 10.4 Å². The van der Waals surface area contributed by atoms with Crippen molar-refractivity contribution in [3.63, 3.8) is 0 Å². The van der Waals surface area contributed by atoms with Crippen molar-refractivity contribution in [2.24, 2.45) is 7.05 Å². The number of halogens is 1. The standard InChI is InChI=1S/C22H22ClN5O/c1-26-20-8-3-2-7-19(20)25-22(26)18(14-24)21(29)15-27-9-11-28(12-10-27)17-6-4-5-16(23)13-17/h2-8,13,29H,9-12,15H2,1H3/b21-18-. The molecule has 1 aliphatic heterocycles. The Kier molecular flexibility index (Phi) is 5.43. The number of aliphatic hydroxyl groups excluding tert-OH is 1. The second kappa shape index (κ2) is 8.16. The van der Waals surface area contributed by atoms with Gasteiger partial charge in [-0.3, -0.25) is 4.90 Å². The maximum absolute atomic E-state index is 10.7. The van der Waals surface area contributed by atoms with E-state index < -0.39 is 0 Å². The van der Waals surface area contributed by atoms with Crippen molar-refractivity contribution in [2.75, 3.05) is 37.6 Å². The van der Waals surface area contributed by atoms with Crippen LogP contribution in [0, 0.1) is 11.3 Å². The van der Waals surface area contributed by atoms with Crippen molar-refractivity contribution < 1.29 is 5.11 Å². The number of aryl methyl sites for hydroxylation is 1. The molecular formula is C22H22ClN5O. The predicted octanol–water partition coefficient (Wildman–Crippen LogP) is 3.84. The summed E-state index contributed by atoms with van der Waals surface area (Å²) in [6.07, 6.45) is 0. The third-order valence-electron chi connectivity index (χ3n) is 5.33. The van der Waals surface area contributed by atoms with Crippen LogP contribution in [0.4, 0.5) is 5.69 Å². The smallest absolute Gasteiger partial charge is 0.155 e. The molecule has 29 heavy (non-hydrogen) atoms. The van der Waals surface area contributed by atoms with Gasteiger partial charge in [0.2, 0.25) is 0 Å². The molecule has 148 valence electrons. The predicted molar refractivity (Wildman–Crippen MR) is 116 cm³/mol. The van der Waals surface area contributed by atoms with E-state index in [4.69, 9.17) is 11.6 Å². The topological polar surface area (TPSA) is 68.3 Å². The van der Waals surface area contributed by atoms with E-state index in [0.717, 1.165) is 47.9 Å². The summed E-state index contributed by atoms with van der Waals surface area (Å²) in [7, 11) is 1.86. The number of aromatic nitrogens is 2. The SMILES string of the molecule is Cn1c(/C(C#N)=C(\O)CN2CCN(c3cccc(Cl)c3)CC2)nc2ccccc21. The Morgan fingerprint density at radius 2 is 1.90 bits per heavy atom. The van der Waals surface area contributed by atoms with Gasteiger partial charge in [0, 0.05) is 43.9 Å². The van der Waals surface area contributed by atoms with Crippen molar-refractivity contribution in [2.45, 2.75) is 0 Å². The fourth-order valence-corrected chi connectivity index (χ4v) is 3.93. The molecule has 0 amide bonds. The van der Waals surface area contributed by atoms with Gasteiger partial charge in [-0.25, -0.2) is 4.98 Å². The molecule has 0 spiro atoms. The fourth-order valence-electron chi connectivity index (χ4n) is 3.74. The second-order valence-corrected chi connectivity index (χ2v) is 7.60. The van der Waals surface area contributed by atoms with Gasteiger partial charge >= 0.3 is 0 Å². The molecule has 0 atom stereocenters. The van der Waals surface area contributed by atoms with Crippen molar-refractivity contribution in [1.29, 1.82) is 5.26 Å². The molecule has 4 rings (SSSR count). The highest BCUT2D eigenvalue weighted by molar-refractivity contribution is 6.30. The van der Waals surface area contributed by atoms with Gasteiger partial charge in [0.25, 0.3) is 0 Å². The van der Waals surface area contributed by atoms with E-state index in [1.807, 2.05) is 54.1 Å². The van der Waals surface area contributed by atoms with Gasteiger partial charge in [0.05, 0.1) is 17.6 Å². The fraction of sp³-hybridized carbons (Fsp3) is 0.273. The number of rotatable bonds is 4. The molecule has 7 heteroatoms. The molecule has 1 aromatic heterocycles. The Balaban J connectivity index is 1.49. The first-order valence-electron chi connectivity index (χ1n) is 9.53. The molecule has 1 fully saturated rings. The number of piperazine rings is 1. The molecule has 3 aromatic rings. The summed E-state index contributed by atoms with van der Waals surface area (Å²) in [5, 5.41) is 21.1. The monoisotopic (exact) mass is 407 g/mol. The Labute approximate surface area is 174 Å². The molecule has 1 N–H and O–H groups in total. The zero-order valence-electron chi connectivity index (χ0n) is 16.2. The van der Waals surface area contributed by atoms with E-state index in [2.05, 4.69) is 26.9 Å². The first-order chi connectivity index (χ1) is 14.1. The van der Waals surface area contributed by atoms with Crippen LogP contribution in [-0.2, 0) is 7.05 Å². The lowest BCUT2D eigenvalue weighted by molar-refractivity contribution is 0.239. The van der Waals surface area contributed by atoms with Gasteiger partial charge in [0.15, 0.2) is 5.82 Å². The molecule has 0 radical (unpaired) electrons. The van der Waals surface area contributed by atoms with E-state index in [0.29, 0.717) is 12.4 Å². The highest BCUT2D eigenvalue weighted by Gasteiger charge is 2.21. The van der Waals surface area contributed by atoms with Gasteiger partial charge in [-0.2, -0.15) is 5.26 Å². The minimum absolute atomic E-state index is 0.0575. The van der Waals surface area contributed by atoms with Crippen molar-refractivity contribution >= 4 is 33.9 Å². The second-order valence-electron chi connectivity index (χ2n) is 7.16. The molecule has 0 bridgehead atoms. The molecule has 2 aromatic carbocycles. The summed E-state index contributed by atoms with van der Waals surface area (Å²) in [6.45, 7) is 3.58. The number of nitriles is 1. The molecule has 0 aliphatic carbocycles. The molecule has 2 heterocycles. The van der Waals surface area contributed by atoms with E-state index in [1.54, 1.807) is 0 Å². The normalized spacial score (nSPS) is 16.0. The number of hydrogen-bond donors (Lipinski definition) is 1. The maximum atomic E-state index is 10.7. The average molecular weight is 408 g/mol. The van der Waals surface area contributed by atoms with Crippen LogP contribution in [0.25, 0.3) is 16.6 Å². The minimum atomic E-state index is 0.0575. The lowest BCUT2D eigenvalue weighted by Crippen LogP contribution is -2.47. The van der Waals surface area contributed by atoms with Crippen LogP contribution >= 0.6 is 11.6 Å². The van der Waals surface area contributed by atoms with Gasteiger partial charge < -0.3 is 14.6 Å². The molecule has 6 nitrogen and oxygen atoms in total. The van der Waals surface area contributed by atoms with Crippen molar-refractivity contribution in [1.82, 2.24) is 14.5 Å². The molecule has 0 saturated carbocycles. The number of allylic oxidation sites excluding steroid dienone is 1. The zero-order chi connectivity index (χ0) is 20.4. The number of fused-ring (bicyclic) bond motifs is 1. The van der Waals surface area contributed by atoms with E-state index in [-0.39, 0.29) is 11.3 Å². The Morgan fingerprint density at radius 3 is 2.59 bits per heavy atom. The third kappa shape index (κ3) is 3.93. The van der Waals surface area contributed by atoms with Gasteiger partial charge in [-0.15, -0.1) is 0 Å². The molecular weight excluding hydrogens is 386 g/mol. The lowest BCUT2D eigenvalue weighted by atomic mass is 10.2. The summed E-state index contributed by atoms with van der Waals surface area (Å²) in [5.41, 5.74) is 3.06. The van der Waals surface area contributed by atoms with E-state index >= 15 is 0 Å². The van der Waals surface area contributed by atoms with Gasteiger partial charge in [0.1, 0.15) is 17.4 Å². The van der Waals surface area contributed by atoms with Crippen LogP contribution in [0.3, 0.4) is 0 Å². The maximum Gasteiger partial charge on any atom is 0.155 e. The number of aliphatic hydroxyl groups is 1. The number of hydrogen-bond acceptors (Lipinski definition) is 5. The Hall–Kier alpha value is -3.01. The van der Waals surface area contributed by atoms with Crippen LogP contribution < -0.4 is 4.90 Å². The third-order valence-corrected chi connectivity index (χ3v) is 5.57. The summed E-state index contributed by atoms with van der Waals surface area (Å²) in [6, 6.07) is 17.7. The zero-order valence-corrected chi connectivity index (χ0v) is 17.0. The largest absolute Gasteiger partial charge is 0.509 e. The number of benzene rings is 2. The van der Waals surface area contributed by atoms with Crippen LogP contribution in [0.15, 0.2) is 54.3 Å². The van der Waals surface area contributed by atoms with Crippen LogP contribution in [0.1, 0.15) is 5.82 Å². The summed E-state index contributed by atoms with van der Waals surface area (Å²) >= 11 is 6.10. The number of imidazole rings is 1. The van der Waals surface area contributed by atoms with Crippen LogP contribution in [0.5, 0.6) is 0 Å².